The number of aliphatic carboxylic acids is 2. The zero-order valence-corrected chi connectivity index (χ0v) is 16.1. The normalized spacial score (nSPS) is 14.0. The lowest BCUT2D eigenvalue weighted by molar-refractivity contribution is -0.173. The van der Waals surface area contributed by atoms with Crippen molar-refractivity contribution in [1.29, 1.82) is 0 Å². The number of ether oxygens (including phenoxy) is 2. The Morgan fingerprint density at radius 2 is 1.39 bits per heavy atom. The summed E-state index contributed by atoms with van der Waals surface area (Å²) in [4.78, 5) is 44.7. The fourth-order valence-corrected chi connectivity index (χ4v) is 2.30. The average Bonchev–Trinajstić information content (AvgIpc) is 2.60. The maximum Gasteiger partial charge on any atom is 0.336 e. The minimum Gasteiger partial charge on any atom is -0.481 e. The van der Waals surface area contributed by atoms with Gasteiger partial charge in [-0.15, -0.1) is 0 Å². The van der Waals surface area contributed by atoms with Gasteiger partial charge in [-0.1, -0.05) is 39.0 Å². The highest BCUT2D eigenvalue weighted by atomic mass is 16.6. The number of carboxylic acids is 2. The minimum atomic E-state index is -2.81. The van der Waals surface area contributed by atoms with Crippen LogP contribution in [0.3, 0.4) is 0 Å². The lowest BCUT2D eigenvalue weighted by atomic mass is 9.96. The largest absolute Gasteiger partial charge is 0.481 e. The first-order chi connectivity index (χ1) is 13.1. The summed E-state index contributed by atoms with van der Waals surface area (Å²) in [7, 11) is 0. The summed E-state index contributed by atoms with van der Waals surface area (Å²) in [5.41, 5.74) is -2.81. The number of carbonyl (C=O) groups is 4. The Kier molecular flexibility index (Phi) is 12.8. The lowest BCUT2D eigenvalue weighted by Crippen LogP contribution is -2.43. The Bertz CT molecular complexity index is 518. The molecule has 2 unspecified atom stereocenters. The topological polar surface area (TPSA) is 168 Å². The molecule has 0 saturated carbocycles. The van der Waals surface area contributed by atoms with E-state index in [1.807, 2.05) is 0 Å². The van der Waals surface area contributed by atoms with Crippen molar-refractivity contribution in [3.8, 4) is 0 Å². The summed E-state index contributed by atoms with van der Waals surface area (Å²) in [5, 5.41) is 36.8. The Hall–Kier alpha value is -2.20. The first-order valence-electron chi connectivity index (χ1n) is 9.27. The van der Waals surface area contributed by atoms with Gasteiger partial charge in [-0.25, -0.2) is 4.79 Å². The molecule has 0 bridgehead atoms. The van der Waals surface area contributed by atoms with Crippen molar-refractivity contribution in [3.05, 3.63) is 0 Å². The quantitative estimate of drug-likeness (QED) is 0.213. The fraction of sp³-hybridized carbons (Fsp3) is 0.778. The van der Waals surface area contributed by atoms with Gasteiger partial charge in [-0.3, -0.25) is 14.4 Å². The number of aliphatic hydroxyl groups is 2. The van der Waals surface area contributed by atoms with Crippen LogP contribution < -0.4 is 0 Å². The first-order valence-corrected chi connectivity index (χ1v) is 9.27. The Morgan fingerprint density at radius 3 is 1.93 bits per heavy atom. The molecule has 162 valence electrons. The molecule has 0 heterocycles. The number of esters is 2. The molecule has 2 atom stereocenters. The maximum absolute atomic E-state index is 11.6. The van der Waals surface area contributed by atoms with Crippen LogP contribution >= 0.6 is 0 Å². The summed E-state index contributed by atoms with van der Waals surface area (Å²) in [6, 6.07) is 0. The third kappa shape index (κ3) is 12.2. The smallest absolute Gasteiger partial charge is 0.336 e. The second-order valence-electron chi connectivity index (χ2n) is 6.62. The molecule has 0 aromatic carbocycles. The molecule has 0 saturated heterocycles. The van der Waals surface area contributed by atoms with Gasteiger partial charge in [0.2, 0.25) is 0 Å². The van der Waals surface area contributed by atoms with Crippen LogP contribution in [-0.4, -0.2) is 69.2 Å². The van der Waals surface area contributed by atoms with E-state index in [1.165, 1.54) is 0 Å². The predicted molar refractivity (Wildman–Crippen MR) is 95.4 cm³/mol. The minimum absolute atomic E-state index is 0.222. The van der Waals surface area contributed by atoms with E-state index in [1.54, 1.807) is 0 Å². The number of unbranched alkanes of at least 4 members (excludes halogenated alkanes) is 5. The number of carbonyl (C=O) groups excluding carboxylic acids is 2. The molecule has 10 heteroatoms. The van der Waals surface area contributed by atoms with Gasteiger partial charge in [0.15, 0.2) is 5.60 Å². The van der Waals surface area contributed by atoms with Crippen LogP contribution in [0.1, 0.15) is 64.7 Å². The van der Waals surface area contributed by atoms with Gasteiger partial charge < -0.3 is 29.9 Å². The highest BCUT2D eigenvalue weighted by molar-refractivity contribution is 5.88. The molecule has 0 radical (unpaired) electrons. The number of hydrogen-bond acceptors (Lipinski definition) is 8. The molecule has 0 amide bonds. The Balaban J connectivity index is 4.05. The second-order valence-corrected chi connectivity index (χ2v) is 6.62. The van der Waals surface area contributed by atoms with Gasteiger partial charge in [-0.05, 0) is 6.42 Å². The summed E-state index contributed by atoms with van der Waals surface area (Å²) in [6.07, 6.45) is 2.69. The van der Waals surface area contributed by atoms with E-state index < -0.39 is 61.6 Å². The van der Waals surface area contributed by atoms with Crippen LogP contribution in [0, 0.1) is 0 Å². The highest BCUT2D eigenvalue weighted by Gasteiger charge is 2.41. The van der Waals surface area contributed by atoms with Gasteiger partial charge in [0, 0.05) is 6.42 Å². The molecule has 28 heavy (non-hydrogen) atoms. The molecule has 0 aliphatic carbocycles. The van der Waals surface area contributed by atoms with Crippen molar-refractivity contribution >= 4 is 23.9 Å². The van der Waals surface area contributed by atoms with Crippen LogP contribution in [0.5, 0.6) is 0 Å². The van der Waals surface area contributed by atoms with Crippen molar-refractivity contribution in [2.45, 2.75) is 76.4 Å². The van der Waals surface area contributed by atoms with E-state index in [9.17, 15) is 29.4 Å². The summed E-state index contributed by atoms with van der Waals surface area (Å²) in [5.74, 6) is -5.17. The molecule has 0 aromatic rings. The molecule has 0 aliphatic rings. The third-order valence-corrected chi connectivity index (χ3v) is 3.89. The monoisotopic (exact) mass is 406 g/mol. The van der Waals surface area contributed by atoms with Gasteiger partial charge in [0.05, 0.1) is 12.8 Å². The standard InChI is InChI=1S/C18H30O10/c1-2-3-4-5-6-7-8-15(22)27-11-13(19)12-28-16(23)10-18(26,17(24)25)9-14(20)21/h13,19,26H,2-12H2,1H3,(H,20,21)(H,24,25). The summed E-state index contributed by atoms with van der Waals surface area (Å²) < 4.78 is 9.46. The van der Waals surface area contributed by atoms with Gasteiger partial charge in [-0.2, -0.15) is 0 Å². The van der Waals surface area contributed by atoms with E-state index in [0.29, 0.717) is 6.42 Å². The van der Waals surface area contributed by atoms with Crippen LogP contribution in [0.25, 0.3) is 0 Å². The van der Waals surface area contributed by atoms with E-state index in [2.05, 4.69) is 11.7 Å². The first kappa shape index (κ1) is 25.8. The summed E-state index contributed by atoms with van der Waals surface area (Å²) in [6.45, 7) is 1.12. The predicted octanol–water partition coefficient (Wildman–Crippen LogP) is 0.865. The molecule has 4 N–H and O–H groups in total. The maximum atomic E-state index is 11.6. The zero-order chi connectivity index (χ0) is 21.6. The molecule has 0 spiro atoms. The van der Waals surface area contributed by atoms with E-state index >= 15 is 0 Å². The molecule has 10 nitrogen and oxygen atoms in total. The molecular weight excluding hydrogens is 376 g/mol. The molecular formula is C18H30O10. The number of carboxylic acid groups (broad SMARTS) is 2. The Labute approximate surface area is 163 Å². The second kappa shape index (κ2) is 13.9. The van der Waals surface area contributed by atoms with Gasteiger partial charge in [0.1, 0.15) is 19.3 Å². The molecule has 0 aromatic heterocycles. The number of hydrogen-bond donors (Lipinski definition) is 4. The summed E-state index contributed by atoms with van der Waals surface area (Å²) >= 11 is 0. The molecule has 0 aliphatic heterocycles. The Morgan fingerprint density at radius 1 is 0.857 bits per heavy atom. The van der Waals surface area contributed by atoms with Crippen LogP contribution in [0.4, 0.5) is 0 Å². The van der Waals surface area contributed by atoms with Gasteiger partial charge in [0.25, 0.3) is 0 Å². The van der Waals surface area contributed by atoms with E-state index in [-0.39, 0.29) is 6.42 Å². The fourth-order valence-electron chi connectivity index (χ4n) is 2.30. The van der Waals surface area contributed by atoms with Crippen LogP contribution in [0.15, 0.2) is 0 Å². The van der Waals surface area contributed by atoms with Crippen molar-refractivity contribution in [1.82, 2.24) is 0 Å². The van der Waals surface area contributed by atoms with E-state index in [0.717, 1.165) is 32.1 Å². The molecule has 0 fully saturated rings. The third-order valence-electron chi connectivity index (χ3n) is 3.89. The van der Waals surface area contributed by atoms with Crippen LogP contribution in [0.2, 0.25) is 0 Å². The highest BCUT2D eigenvalue weighted by Crippen LogP contribution is 2.17. The molecule has 0 rings (SSSR count). The number of aliphatic hydroxyl groups excluding tert-OH is 1. The van der Waals surface area contributed by atoms with E-state index in [4.69, 9.17) is 14.9 Å². The number of rotatable bonds is 16. The van der Waals surface area contributed by atoms with Gasteiger partial charge >= 0.3 is 23.9 Å². The van der Waals surface area contributed by atoms with Crippen molar-refractivity contribution in [2.75, 3.05) is 13.2 Å². The zero-order valence-electron chi connectivity index (χ0n) is 16.1. The SMILES string of the molecule is CCCCCCCCC(=O)OCC(O)COC(=O)CC(O)(CC(=O)O)C(=O)O. The lowest BCUT2D eigenvalue weighted by Gasteiger charge is -2.20. The van der Waals surface area contributed by atoms with Crippen molar-refractivity contribution < 1.29 is 49.1 Å². The van der Waals surface area contributed by atoms with Crippen LogP contribution in [-0.2, 0) is 28.7 Å². The average molecular weight is 406 g/mol. The van der Waals surface area contributed by atoms with Crippen molar-refractivity contribution in [2.24, 2.45) is 0 Å². The van der Waals surface area contributed by atoms with Crippen molar-refractivity contribution in [3.63, 3.8) is 0 Å².